The van der Waals surface area contributed by atoms with Crippen LogP contribution in [-0.4, -0.2) is 20.7 Å². The second-order valence-electron chi connectivity index (χ2n) is 5.51. The number of nitro benzene ring substituents is 1. The van der Waals surface area contributed by atoms with E-state index in [0.717, 1.165) is 18.2 Å². The van der Waals surface area contributed by atoms with Crippen molar-refractivity contribution in [2.24, 2.45) is 0 Å². The average Bonchev–Trinajstić information content (AvgIpc) is 3.06. The van der Waals surface area contributed by atoms with Gasteiger partial charge in [0.1, 0.15) is 17.2 Å². The molecule has 0 fully saturated rings. The molecule has 0 amide bonds. The van der Waals surface area contributed by atoms with E-state index in [1.165, 1.54) is 35.1 Å². The van der Waals surface area contributed by atoms with Gasteiger partial charge in [-0.15, -0.1) is 0 Å². The summed E-state index contributed by atoms with van der Waals surface area (Å²) in [6, 6.07) is 8.09. The van der Waals surface area contributed by atoms with Crippen LogP contribution in [0.15, 0.2) is 48.7 Å². The SMILES string of the molecule is CCc1c(C(=O)Oc2cc(F)ccc2[N+](=O)[O-])cnn1-c1ccc(F)cc1. The highest BCUT2D eigenvalue weighted by Crippen LogP contribution is 2.29. The largest absolute Gasteiger partial charge is 0.415 e. The first-order chi connectivity index (χ1) is 12.9. The molecule has 0 unspecified atom stereocenters. The summed E-state index contributed by atoms with van der Waals surface area (Å²) in [6.45, 7) is 1.78. The number of hydrogen-bond acceptors (Lipinski definition) is 5. The normalized spacial score (nSPS) is 10.6. The van der Waals surface area contributed by atoms with Gasteiger partial charge in [-0.3, -0.25) is 10.1 Å². The average molecular weight is 373 g/mol. The number of halogens is 2. The van der Waals surface area contributed by atoms with Crippen LogP contribution in [0.3, 0.4) is 0 Å². The molecule has 0 N–H and O–H groups in total. The number of benzene rings is 2. The Morgan fingerprint density at radius 3 is 2.48 bits per heavy atom. The van der Waals surface area contributed by atoms with E-state index in [0.29, 0.717) is 17.8 Å². The van der Waals surface area contributed by atoms with Crippen LogP contribution in [-0.2, 0) is 6.42 Å². The molecule has 0 bridgehead atoms. The lowest BCUT2D eigenvalue weighted by Gasteiger charge is -2.08. The molecule has 3 rings (SSSR count). The van der Waals surface area contributed by atoms with Crippen LogP contribution in [0.4, 0.5) is 14.5 Å². The molecular weight excluding hydrogens is 360 g/mol. The van der Waals surface area contributed by atoms with Crippen molar-refractivity contribution in [1.29, 1.82) is 0 Å². The molecule has 27 heavy (non-hydrogen) atoms. The van der Waals surface area contributed by atoms with Gasteiger partial charge in [-0.25, -0.2) is 18.3 Å². The first kappa shape index (κ1) is 18.2. The second-order valence-corrected chi connectivity index (χ2v) is 5.51. The molecule has 138 valence electrons. The summed E-state index contributed by atoms with van der Waals surface area (Å²) in [6.07, 6.45) is 1.63. The van der Waals surface area contributed by atoms with Gasteiger partial charge in [-0.1, -0.05) is 6.92 Å². The molecular formula is C18H13F2N3O4. The molecule has 0 radical (unpaired) electrons. The number of carbonyl (C=O) groups is 1. The van der Waals surface area contributed by atoms with Crippen LogP contribution in [0, 0.1) is 21.7 Å². The highest BCUT2D eigenvalue weighted by atomic mass is 19.1. The van der Waals surface area contributed by atoms with Crippen molar-refractivity contribution in [3.8, 4) is 11.4 Å². The molecule has 3 aromatic rings. The van der Waals surface area contributed by atoms with Crippen molar-refractivity contribution < 1.29 is 23.2 Å². The van der Waals surface area contributed by atoms with Crippen molar-refractivity contribution in [1.82, 2.24) is 9.78 Å². The van der Waals surface area contributed by atoms with E-state index in [4.69, 9.17) is 4.74 Å². The van der Waals surface area contributed by atoms with Crippen molar-refractivity contribution in [2.75, 3.05) is 0 Å². The fraction of sp³-hybridized carbons (Fsp3) is 0.111. The molecule has 0 aliphatic carbocycles. The Labute approximate surface area is 152 Å². The number of hydrogen-bond donors (Lipinski definition) is 0. The summed E-state index contributed by atoms with van der Waals surface area (Å²) in [5.41, 5.74) is 0.531. The molecule has 0 spiro atoms. The molecule has 1 aromatic heterocycles. The van der Waals surface area contributed by atoms with Gasteiger partial charge in [0.25, 0.3) is 0 Å². The Morgan fingerprint density at radius 1 is 1.19 bits per heavy atom. The van der Waals surface area contributed by atoms with Crippen LogP contribution >= 0.6 is 0 Å². The van der Waals surface area contributed by atoms with Crippen LogP contribution in [0.2, 0.25) is 0 Å². The summed E-state index contributed by atoms with van der Waals surface area (Å²) < 4.78 is 33.0. The molecule has 0 saturated carbocycles. The molecule has 0 aliphatic heterocycles. The standard InChI is InChI=1S/C18H13F2N3O4/c1-2-15-14(10-21-22(15)13-6-3-11(19)4-7-13)18(24)27-17-9-12(20)5-8-16(17)23(25)26/h3-10H,2H2,1H3. The predicted molar refractivity (Wildman–Crippen MR) is 90.9 cm³/mol. The minimum atomic E-state index is -0.908. The zero-order valence-corrected chi connectivity index (χ0v) is 14.1. The molecule has 2 aromatic carbocycles. The smallest absolute Gasteiger partial charge is 0.347 e. The lowest BCUT2D eigenvalue weighted by atomic mass is 10.2. The third-order valence-electron chi connectivity index (χ3n) is 3.82. The van der Waals surface area contributed by atoms with E-state index in [1.54, 1.807) is 6.92 Å². The van der Waals surface area contributed by atoms with E-state index in [2.05, 4.69) is 5.10 Å². The number of aromatic nitrogens is 2. The fourth-order valence-electron chi connectivity index (χ4n) is 2.56. The second kappa shape index (κ2) is 7.32. The van der Waals surface area contributed by atoms with Gasteiger partial charge >= 0.3 is 11.7 Å². The number of esters is 1. The lowest BCUT2D eigenvalue weighted by Crippen LogP contribution is -2.12. The monoisotopic (exact) mass is 373 g/mol. The molecule has 0 saturated heterocycles. The van der Waals surface area contributed by atoms with Crippen LogP contribution in [0.5, 0.6) is 5.75 Å². The van der Waals surface area contributed by atoms with Crippen molar-refractivity contribution in [2.45, 2.75) is 13.3 Å². The number of rotatable bonds is 5. The van der Waals surface area contributed by atoms with Gasteiger partial charge in [-0.2, -0.15) is 5.10 Å². The highest BCUT2D eigenvalue weighted by Gasteiger charge is 2.23. The van der Waals surface area contributed by atoms with E-state index in [1.807, 2.05) is 0 Å². The summed E-state index contributed by atoms with van der Waals surface area (Å²) in [5.74, 6) is -2.60. The maximum Gasteiger partial charge on any atom is 0.347 e. The van der Waals surface area contributed by atoms with Gasteiger partial charge in [0, 0.05) is 12.1 Å². The number of ether oxygens (including phenoxy) is 1. The quantitative estimate of drug-likeness (QED) is 0.293. The minimum absolute atomic E-state index is 0.0698. The summed E-state index contributed by atoms with van der Waals surface area (Å²) in [5, 5.41) is 15.1. The van der Waals surface area contributed by atoms with Gasteiger partial charge in [-0.05, 0) is 36.8 Å². The Bertz CT molecular complexity index is 1020. The number of nitro groups is 1. The first-order valence-electron chi connectivity index (χ1n) is 7.89. The number of nitrogens with zero attached hydrogens (tertiary/aromatic N) is 3. The summed E-state index contributed by atoms with van der Waals surface area (Å²) in [4.78, 5) is 22.8. The van der Waals surface area contributed by atoms with Gasteiger partial charge in [0.15, 0.2) is 0 Å². The van der Waals surface area contributed by atoms with Crippen LogP contribution in [0.25, 0.3) is 5.69 Å². The van der Waals surface area contributed by atoms with E-state index in [9.17, 15) is 23.7 Å². The number of carbonyl (C=O) groups excluding carboxylic acids is 1. The van der Waals surface area contributed by atoms with Crippen molar-refractivity contribution in [3.63, 3.8) is 0 Å². The predicted octanol–water partition coefficient (Wildman–Crippen LogP) is 3.84. The van der Waals surface area contributed by atoms with Crippen molar-refractivity contribution >= 4 is 11.7 Å². The first-order valence-corrected chi connectivity index (χ1v) is 7.89. The van der Waals surface area contributed by atoms with Gasteiger partial charge in [0.2, 0.25) is 5.75 Å². The Balaban J connectivity index is 1.96. The molecule has 1 heterocycles. The van der Waals surface area contributed by atoms with Crippen molar-refractivity contribution in [3.05, 3.63) is 81.7 Å². The summed E-state index contributed by atoms with van der Waals surface area (Å²) >= 11 is 0. The third kappa shape index (κ3) is 3.66. The van der Waals surface area contributed by atoms with Crippen LogP contribution in [0.1, 0.15) is 23.0 Å². The molecule has 7 nitrogen and oxygen atoms in total. The zero-order chi connectivity index (χ0) is 19.6. The highest BCUT2D eigenvalue weighted by molar-refractivity contribution is 5.92. The van der Waals surface area contributed by atoms with E-state index in [-0.39, 0.29) is 5.56 Å². The van der Waals surface area contributed by atoms with E-state index < -0.39 is 34.0 Å². The van der Waals surface area contributed by atoms with Gasteiger partial charge in [0.05, 0.1) is 22.5 Å². The zero-order valence-electron chi connectivity index (χ0n) is 14.1. The summed E-state index contributed by atoms with van der Waals surface area (Å²) in [7, 11) is 0. The molecule has 9 heteroatoms. The Hall–Kier alpha value is -3.62. The fourth-order valence-corrected chi connectivity index (χ4v) is 2.56. The van der Waals surface area contributed by atoms with Crippen LogP contribution < -0.4 is 4.74 Å². The Morgan fingerprint density at radius 2 is 1.85 bits per heavy atom. The third-order valence-corrected chi connectivity index (χ3v) is 3.82. The maximum atomic E-state index is 13.4. The molecule has 0 atom stereocenters. The van der Waals surface area contributed by atoms with E-state index >= 15 is 0 Å². The molecule has 0 aliphatic rings. The van der Waals surface area contributed by atoms with Gasteiger partial charge < -0.3 is 4.74 Å². The lowest BCUT2D eigenvalue weighted by molar-refractivity contribution is -0.385. The topological polar surface area (TPSA) is 87.3 Å². The maximum absolute atomic E-state index is 13.4. The minimum Gasteiger partial charge on any atom is -0.415 e. The Kier molecular flexibility index (Phi) is 4.93.